The number of ether oxygens (including phenoxy) is 2. The first kappa shape index (κ1) is 8.86. The van der Waals surface area contributed by atoms with Crippen LogP contribution in [0, 0.1) is 0 Å². The molecule has 0 aromatic rings. The van der Waals surface area contributed by atoms with Crippen LogP contribution in [-0.4, -0.2) is 48.6 Å². The first-order valence-corrected chi connectivity index (χ1v) is 3.32. The number of alkyl halides is 1. The van der Waals surface area contributed by atoms with E-state index in [4.69, 9.17) is 14.9 Å². The molecule has 66 valence electrons. The molecule has 0 saturated carbocycles. The van der Waals surface area contributed by atoms with E-state index in [-0.39, 0.29) is 0 Å². The Labute approximate surface area is 63.5 Å². The molecule has 2 N–H and O–H groups in total. The molecule has 4 nitrogen and oxygen atoms in total. The maximum atomic E-state index is 12.8. The summed E-state index contributed by atoms with van der Waals surface area (Å²) in [4.78, 5) is 0. The number of aliphatic hydroxyl groups excluding tert-OH is 2. The number of hydrogen-bond acceptors (Lipinski definition) is 4. The second-order valence-corrected chi connectivity index (χ2v) is 2.40. The van der Waals surface area contributed by atoms with Crippen LogP contribution < -0.4 is 0 Å². The van der Waals surface area contributed by atoms with Gasteiger partial charge in [0.1, 0.15) is 12.2 Å². The van der Waals surface area contributed by atoms with E-state index in [2.05, 4.69) is 4.74 Å². The Morgan fingerprint density at radius 2 is 2.27 bits per heavy atom. The van der Waals surface area contributed by atoms with Gasteiger partial charge in [-0.25, -0.2) is 4.39 Å². The molecule has 1 aliphatic heterocycles. The summed E-state index contributed by atoms with van der Waals surface area (Å²) in [6.45, 7) is -0.401. The molecule has 0 unspecified atom stereocenters. The molecule has 11 heavy (non-hydrogen) atoms. The van der Waals surface area contributed by atoms with Crippen LogP contribution in [0.1, 0.15) is 0 Å². The highest BCUT2D eigenvalue weighted by atomic mass is 19.1. The third-order valence-corrected chi connectivity index (χ3v) is 1.69. The van der Waals surface area contributed by atoms with Crippen LogP contribution in [0.4, 0.5) is 4.39 Å². The minimum atomic E-state index is -1.57. The molecule has 1 aliphatic rings. The quantitative estimate of drug-likeness (QED) is 0.555. The van der Waals surface area contributed by atoms with Gasteiger partial charge in [0.25, 0.3) is 0 Å². The van der Waals surface area contributed by atoms with Gasteiger partial charge in [-0.2, -0.15) is 0 Å². The van der Waals surface area contributed by atoms with Crippen molar-refractivity contribution >= 4 is 0 Å². The minimum absolute atomic E-state index is 0.401. The van der Waals surface area contributed by atoms with Gasteiger partial charge in [-0.1, -0.05) is 0 Å². The summed E-state index contributed by atoms with van der Waals surface area (Å²) in [5, 5.41) is 17.6. The lowest BCUT2D eigenvalue weighted by Gasteiger charge is -2.09. The molecule has 0 bridgehead atoms. The summed E-state index contributed by atoms with van der Waals surface area (Å²) < 4.78 is 22.2. The Morgan fingerprint density at radius 3 is 2.55 bits per heavy atom. The van der Waals surface area contributed by atoms with E-state index in [9.17, 15) is 4.39 Å². The average molecular weight is 166 g/mol. The van der Waals surface area contributed by atoms with Gasteiger partial charge in [-0.3, -0.25) is 0 Å². The summed E-state index contributed by atoms with van der Waals surface area (Å²) in [7, 11) is 1.28. The Bertz CT molecular complexity index is 114. The molecule has 1 saturated heterocycles. The average Bonchev–Trinajstić information content (AvgIpc) is 2.30. The van der Waals surface area contributed by atoms with Gasteiger partial charge >= 0.3 is 0 Å². The first-order valence-electron chi connectivity index (χ1n) is 3.32. The molecular formula is C6H11FO4. The fraction of sp³-hybridized carbons (Fsp3) is 1.00. The Kier molecular flexibility index (Phi) is 2.78. The van der Waals surface area contributed by atoms with Crippen molar-refractivity contribution in [3.8, 4) is 0 Å². The largest absolute Gasteiger partial charge is 0.394 e. The second-order valence-electron chi connectivity index (χ2n) is 2.40. The molecule has 0 radical (unpaired) electrons. The number of rotatable bonds is 2. The predicted octanol–water partition coefficient (Wildman–Crippen LogP) is -0.951. The van der Waals surface area contributed by atoms with Crippen molar-refractivity contribution < 1.29 is 24.1 Å². The molecule has 0 aromatic heterocycles. The van der Waals surface area contributed by atoms with Crippen molar-refractivity contribution in [1.82, 2.24) is 0 Å². The highest BCUT2D eigenvalue weighted by Gasteiger charge is 2.43. The summed E-state index contributed by atoms with van der Waals surface area (Å²) in [5.74, 6) is 0. The summed E-state index contributed by atoms with van der Waals surface area (Å²) in [5.41, 5.74) is 0. The second kappa shape index (κ2) is 3.44. The van der Waals surface area contributed by atoms with Crippen molar-refractivity contribution in [2.45, 2.75) is 24.7 Å². The molecule has 0 aliphatic carbocycles. The highest BCUT2D eigenvalue weighted by Crippen LogP contribution is 2.23. The van der Waals surface area contributed by atoms with Gasteiger partial charge in [-0.05, 0) is 0 Å². The number of hydrogen-bond donors (Lipinski definition) is 2. The lowest BCUT2D eigenvalue weighted by molar-refractivity contribution is -0.141. The zero-order valence-electron chi connectivity index (χ0n) is 6.11. The molecular weight excluding hydrogens is 155 g/mol. The topological polar surface area (TPSA) is 58.9 Å². The molecule has 1 rings (SSSR count). The molecule has 0 amide bonds. The van der Waals surface area contributed by atoms with Crippen molar-refractivity contribution in [2.24, 2.45) is 0 Å². The Hall–Kier alpha value is -0.230. The highest BCUT2D eigenvalue weighted by molar-refractivity contribution is 4.86. The van der Waals surface area contributed by atoms with Crippen molar-refractivity contribution in [1.29, 1.82) is 0 Å². The zero-order valence-corrected chi connectivity index (χ0v) is 6.11. The van der Waals surface area contributed by atoms with Gasteiger partial charge in [-0.15, -0.1) is 0 Å². The Morgan fingerprint density at radius 1 is 1.64 bits per heavy atom. The number of halogens is 1. The van der Waals surface area contributed by atoms with Crippen molar-refractivity contribution in [3.05, 3.63) is 0 Å². The number of aliphatic hydroxyl groups is 2. The predicted molar refractivity (Wildman–Crippen MR) is 33.7 cm³/mol. The van der Waals surface area contributed by atoms with Crippen molar-refractivity contribution in [3.63, 3.8) is 0 Å². The third kappa shape index (κ3) is 1.51. The van der Waals surface area contributed by atoms with Gasteiger partial charge in [0.2, 0.25) is 0 Å². The normalized spacial score (nSPS) is 44.7. The molecule has 5 heteroatoms. The van der Waals surface area contributed by atoms with Gasteiger partial charge in [0.15, 0.2) is 12.5 Å². The van der Waals surface area contributed by atoms with Gasteiger partial charge < -0.3 is 19.7 Å². The number of methoxy groups -OCH3 is 1. The van der Waals surface area contributed by atoms with Gasteiger partial charge in [0.05, 0.1) is 6.61 Å². The lowest BCUT2D eigenvalue weighted by atomic mass is 10.2. The maximum Gasteiger partial charge on any atom is 0.191 e. The van der Waals surface area contributed by atoms with Crippen LogP contribution >= 0.6 is 0 Å². The van der Waals surface area contributed by atoms with Crippen LogP contribution in [0.25, 0.3) is 0 Å². The Balaban J connectivity index is 2.53. The third-order valence-electron chi connectivity index (χ3n) is 1.69. The summed E-state index contributed by atoms with van der Waals surface area (Å²) >= 11 is 0. The van der Waals surface area contributed by atoms with Gasteiger partial charge in [0, 0.05) is 7.11 Å². The molecule has 0 aromatic carbocycles. The van der Waals surface area contributed by atoms with E-state index < -0.39 is 31.3 Å². The maximum absolute atomic E-state index is 12.8. The van der Waals surface area contributed by atoms with Crippen LogP contribution in [0.5, 0.6) is 0 Å². The first-order chi connectivity index (χ1) is 5.20. The van der Waals surface area contributed by atoms with E-state index in [1.807, 2.05) is 0 Å². The van der Waals surface area contributed by atoms with E-state index in [0.29, 0.717) is 0 Å². The van der Waals surface area contributed by atoms with Crippen LogP contribution in [0.2, 0.25) is 0 Å². The smallest absolute Gasteiger partial charge is 0.191 e. The fourth-order valence-electron chi connectivity index (χ4n) is 1.03. The SMILES string of the molecule is CO[C@H]1O[C@H](CO)[C@@H](O)[C@H]1F. The zero-order chi connectivity index (χ0) is 8.43. The van der Waals surface area contributed by atoms with Crippen LogP contribution in [0.3, 0.4) is 0 Å². The van der Waals surface area contributed by atoms with Crippen LogP contribution in [-0.2, 0) is 9.47 Å². The van der Waals surface area contributed by atoms with E-state index in [0.717, 1.165) is 0 Å². The van der Waals surface area contributed by atoms with Crippen molar-refractivity contribution in [2.75, 3.05) is 13.7 Å². The molecule has 4 atom stereocenters. The summed E-state index contributed by atoms with van der Waals surface area (Å²) in [6, 6.07) is 0. The van der Waals surface area contributed by atoms with E-state index in [1.54, 1.807) is 0 Å². The fourth-order valence-corrected chi connectivity index (χ4v) is 1.03. The minimum Gasteiger partial charge on any atom is -0.394 e. The van der Waals surface area contributed by atoms with E-state index >= 15 is 0 Å². The monoisotopic (exact) mass is 166 g/mol. The van der Waals surface area contributed by atoms with Crippen LogP contribution in [0.15, 0.2) is 0 Å². The molecule has 1 fully saturated rings. The molecule has 0 spiro atoms. The standard InChI is InChI=1S/C6H11FO4/c1-10-6-4(7)5(9)3(2-8)11-6/h3-6,8-9H,2H2,1H3/t3-,4-,5-,6+/m1/s1. The molecule has 1 heterocycles. The van der Waals surface area contributed by atoms with E-state index in [1.165, 1.54) is 7.11 Å². The summed E-state index contributed by atoms with van der Waals surface area (Å²) in [6.07, 6.45) is -4.78. The lowest BCUT2D eigenvalue weighted by Crippen LogP contribution is -2.31.